The predicted octanol–water partition coefficient (Wildman–Crippen LogP) is 0.262. The van der Waals surface area contributed by atoms with Gasteiger partial charge in [0.15, 0.2) is 0 Å². The molecule has 1 aromatic rings. The second-order valence-corrected chi connectivity index (χ2v) is 6.17. The van der Waals surface area contributed by atoms with Crippen molar-refractivity contribution in [2.45, 2.75) is 39.0 Å². The van der Waals surface area contributed by atoms with Crippen LogP contribution in [0.3, 0.4) is 0 Å². The Labute approximate surface area is 124 Å². The lowest BCUT2D eigenvalue weighted by Gasteiger charge is -2.24. The first-order valence-corrected chi connectivity index (χ1v) is 8.35. The molecule has 0 spiro atoms. The lowest BCUT2D eigenvalue weighted by Crippen LogP contribution is -2.51. The van der Waals surface area contributed by atoms with Crippen molar-refractivity contribution in [1.29, 1.82) is 0 Å². The number of anilines is 2. The van der Waals surface area contributed by atoms with Crippen LogP contribution in [0.1, 0.15) is 37.8 Å². The monoisotopic (exact) mass is 317 g/mol. The van der Waals surface area contributed by atoms with Crippen LogP contribution in [0.25, 0.3) is 0 Å². The van der Waals surface area contributed by atoms with Gasteiger partial charge in [-0.2, -0.15) is 8.42 Å². The Kier molecular flexibility index (Phi) is 4.84. The van der Waals surface area contributed by atoms with Gasteiger partial charge in [-0.3, -0.25) is 10.3 Å². The summed E-state index contributed by atoms with van der Waals surface area (Å²) in [4.78, 5) is 6.32. The Morgan fingerprint density at radius 1 is 1.29 bits per heavy atom. The van der Waals surface area contributed by atoms with Crippen LogP contribution in [0.2, 0.25) is 0 Å². The molecule has 0 amide bonds. The molecule has 2 rings (SSSR count). The van der Waals surface area contributed by atoms with Gasteiger partial charge in [0.2, 0.25) is 5.82 Å². The fraction of sp³-hybridized carbons (Fsp3) is 0.667. The highest BCUT2D eigenvalue weighted by atomic mass is 32.3. The molecule has 0 aromatic carbocycles. The first-order valence-electron chi connectivity index (χ1n) is 6.98. The number of aromatic nitrogens is 2. The number of nitrogens with zero attached hydrogens (tertiary/aromatic N) is 3. The minimum Gasteiger partial charge on any atom is -0.343 e. The summed E-state index contributed by atoms with van der Waals surface area (Å²) in [6, 6.07) is 1.70. The number of rotatable bonds is 3. The molecular formula is C12H21N4O4S+. The van der Waals surface area contributed by atoms with Crippen LogP contribution in [0.5, 0.6) is 0 Å². The maximum Gasteiger partial charge on any atom is 0.476 e. The lowest BCUT2D eigenvalue weighted by molar-refractivity contribution is -0.851. The highest BCUT2D eigenvalue weighted by molar-refractivity contribution is 7.80. The van der Waals surface area contributed by atoms with Crippen molar-refractivity contribution in [1.82, 2.24) is 4.98 Å². The van der Waals surface area contributed by atoms with E-state index in [2.05, 4.69) is 14.2 Å². The number of nitrogens with two attached hydrogens (primary N) is 1. The largest absolute Gasteiger partial charge is 0.476 e. The van der Waals surface area contributed by atoms with E-state index in [0.717, 1.165) is 30.7 Å². The average molecular weight is 317 g/mol. The summed E-state index contributed by atoms with van der Waals surface area (Å²) < 4.78 is 35.5. The quantitative estimate of drug-likeness (QED) is 0.608. The van der Waals surface area contributed by atoms with E-state index in [0.29, 0.717) is 11.5 Å². The van der Waals surface area contributed by atoms with Gasteiger partial charge in [0.05, 0.1) is 0 Å². The summed E-state index contributed by atoms with van der Waals surface area (Å²) >= 11 is 0. The van der Waals surface area contributed by atoms with E-state index in [1.807, 2.05) is 0 Å². The van der Waals surface area contributed by atoms with Crippen molar-refractivity contribution in [2.75, 3.05) is 23.7 Å². The van der Waals surface area contributed by atoms with Gasteiger partial charge >= 0.3 is 16.3 Å². The molecule has 3 N–H and O–H groups in total. The van der Waals surface area contributed by atoms with E-state index in [4.69, 9.17) is 10.3 Å². The Balaban J connectivity index is 2.25. The topological polar surface area (TPSA) is 110 Å². The highest BCUT2D eigenvalue weighted by Gasteiger charge is 2.23. The molecule has 1 fully saturated rings. The van der Waals surface area contributed by atoms with E-state index in [1.165, 1.54) is 19.3 Å². The van der Waals surface area contributed by atoms with Gasteiger partial charge in [0.25, 0.3) is 0 Å². The Morgan fingerprint density at radius 3 is 2.38 bits per heavy atom. The summed E-state index contributed by atoms with van der Waals surface area (Å²) in [7, 11) is -4.64. The molecule has 1 saturated heterocycles. The van der Waals surface area contributed by atoms with E-state index < -0.39 is 10.4 Å². The Morgan fingerprint density at radius 2 is 1.86 bits per heavy atom. The third kappa shape index (κ3) is 4.43. The first kappa shape index (κ1) is 15.8. The van der Waals surface area contributed by atoms with Crippen LogP contribution >= 0.6 is 0 Å². The van der Waals surface area contributed by atoms with Gasteiger partial charge in [-0.1, -0.05) is 24.2 Å². The lowest BCUT2D eigenvalue weighted by atomic mass is 10.1. The average Bonchev–Trinajstić information content (AvgIpc) is 2.32. The second kappa shape index (κ2) is 6.44. The number of aryl methyl sites for hydroxylation is 1. The first-order chi connectivity index (χ1) is 9.87. The molecule has 0 saturated carbocycles. The minimum absolute atomic E-state index is 0.121. The summed E-state index contributed by atoms with van der Waals surface area (Å²) in [6.07, 6.45) is 5.85. The highest BCUT2D eigenvalue weighted by Crippen LogP contribution is 2.18. The van der Waals surface area contributed by atoms with E-state index in [9.17, 15) is 8.42 Å². The molecular weight excluding hydrogens is 296 g/mol. The SMILES string of the molecule is Cc1cc(N2CCCCCCC2)nc(N)[n+]1OS(=O)(=O)O. The van der Waals surface area contributed by atoms with Crippen LogP contribution in [0.4, 0.5) is 11.8 Å². The molecule has 0 bridgehead atoms. The van der Waals surface area contributed by atoms with Crippen molar-refractivity contribution in [3.05, 3.63) is 11.8 Å². The molecule has 118 valence electrons. The summed E-state index contributed by atoms with van der Waals surface area (Å²) in [5, 5.41) is 0. The second-order valence-electron chi connectivity index (χ2n) is 5.17. The molecule has 21 heavy (non-hydrogen) atoms. The molecule has 1 aliphatic heterocycles. The van der Waals surface area contributed by atoms with Gasteiger partial charge in [-0.15, -0.1) is 0 Å². The third-order valence-electron chi connectivity index (χ3n) is 3.44. The fourth-order valence-electron chi connectivity index (χ4n) is 2.45. The fourth-order valence-corrected chi connectivity index (χ4v) is 2.83. The normalized spacial score (nSPS) is 17.1. The summed E-state index contributed by atoms with van der Waals surface area (Å²) in [5.74, 6) is 0.576. The van der Waals surface area contributed by atoms with E-state index in [-0.39, 0.29) is 5.95 Å². The molecule has 1 aliphatic rings. The Bertz CT molecular complexity index is 574. The van der Waals surface area contributed by atoms with Crippen molar-refractivity contribution in [3.63, 3.8) is 0 Å². The molecule has 2 heterocycles. The molecule has 0 atom stereocenters. The Hall–Kier alpha value is -1.61. The minimum atomic E-state index is -4.64. The van der Waals surface area contributed by atoms with Gasteiger partial charge in [-0.25, -0.2) is 4.28 Å². The van der Waals surface area contributed by atoms with Gasteiger partial charge in [0.1, 0.15) is 5.69 Å². The summed E-state index contributed by atoms with van der Waals surface area (Å²) in [5.41, 5.74) is 6.17. The zero-order valence-electron chi connectivity index (χ0n) is 12.0. The van der Waals surface area contributed by atoms with Crippen molar-refractivity contribution in [2.24, 2.45) is 0 Å². The van der Waals surface area contributed by atoms with Gasteiger partial charge in [-0.05, 0) is 24.5 Å². The van der Waals surface area contributed by atoms with Gasteiger partial charge in [0, 0.05) is 19.2 Å². The smallest absolute Gasteiger partial charge is 0.343 e. The standard InChI is InChI=1S/C12H20N4O4S/c1-10-9-11(15-7-5-3-2-4-6-8-15)14-12(13)16(10)20-21(17,18)19/h9,13H,2-8H2,1H3,(H,17,18,19)/p+1. The number of nitrogen functional groups attached to an aromatic ring is 1. The number of hydrogen-bond acceptors (Lipinski definition) is 6. The van der Waals surface area contributed by atoms with E-state index in [1.54, 1.807) is 13.0 Å². The molecule has 9 heteroatoms. The maximum absolute atomic E-state index is 10.8. The van der Waals surface area contributed by atoms with Crippen LogP contribution in [0.15, 0.2) is 6.07 Å². The number of hydrogen-bond donors (Lipinski definition) is 2. The van der Waals surface area contributed by atoms with Crippen LogP contribution in [0, 0.1) is 6.92 Å². The molecule has 8 nitrogen and oxygen atoms in total. The summed E-state index contributed by atoms with van der Waals surface area (Å²) in [6.45, 7) is 3.43. The predicted molar refractivity (Wildman–Crippen MR) is 77.0 cm³/mol. The van der Waals surface area contributed by atoms with Crippen molar-refractivity contribution in [3.8, 4) is 0 Å². The zero-order chi connectivity index (χ0) is 15.5. The zero-order valence-corrected chi connectivity index (χ0v) is 12.8. The van der Waals surface area contributed by atoms with Gasteiger partial charge < -0.3 is 4.90 Å². The van der Waals surface area contributed by atoms with Crippen LogP contribution < -0.4 is 19.6 Å². The van der Waals surface area contributed by atoms with E-state index >= 15 is 0 Å². The van der Waals surface area contributed by atoms with Crippen molar-refractivity contribution < 1.29 is 22.0 Å². The third-order valence-corrected chi connectivity index (χ3v) is 3.78. The molecule has 0 radical (unpaired) electrons. The molecule has 1 aromatic heterocycles. The molecule has 0 unspecified atom stereocenters. The van der Waals surface area contributed by atoms with Crippen LogP contribution in [-0.4, -0.2) is 31.0 Å². The maximum atomic E-state index is 10.8. The molecule has 0 aliphatic carbocycles. The van der Waals surface area contributed by atoms with Crippen LogP contribution in [-0.2, 0) is 10.4 Å². The van der Waals surface area contributed by atoms with Crippen molar-refractivity contribution >= 4 is 22.2 Å².